The number of unbranched alkanes of at least 4 members (excludes halogenated alkanes) is 1. The highest BCUT2D eigenvalue weighted by Gasteiger charge is 2.16. The molecule has 3 N–H and O–H groups in total. The van der Waals surface area contributed by atoms with Gasteiger partial charge in [-0.1, -0.05) is 47.1 Å². The van der Waals surface area contributed by atoms with Crippen LogP contribution in [0.3, 0.4) is 0 Å². The van der Waals surface area contributed by atoms with Gasteiger partial charge in [0, 0.05) is 37.1 Å². The van der Waals surface area contributed by atoms with Crippen molar-refractivity contribution >= 4 is 33.4 Å². The maximum atomic E-state index is 12.1. The van der Waals surface area contributed by atoms with Crippen molar-refractivity contribution in [2.45, 2.75) is 50.7 Å². The topological polar surface area (TPSA) is 81.7 Å². The van der Waals surface area contributed by atoms with Crippen LogP contribution >= 0.6 is 21.6 Å². The predicted octanol–water partition coefficient (Wildman–Crippen LogP) is 3.66. The number of benzene rings is 1. The number of nitrogens with one attached hydrogen (secondary N) is 2. The molecule has 30 heavy (non-hydrogen) atoms. The Morgan fingerprint density at radius 2 is 1.97 bits per heavy atom. The molecule has 0 aromatic heterocycles. The van der Waals surface area contributed by atoms with Gasteiger partial charge in [-0.3, -0.25) is 9.59 Å². The van der Waals surface area contributed by atoms with Gasteiger partial charge < -0.3 is 20.6 Å². The van der Waals surface area contributed by atoms with Crippen molar-refractivity contribution in [1.29, 1.82) is 0 Å². The number of hydrogen-bond donors (Lipinski definition) is 3. The average molecular weight is 454 g/mol. The van der Waals surface area contributed by atoms with Crippen LogP contribution in [0.5, 0.6) is 5.75 Å². The number of phenolic OH excluding ortho intramolecular Hbond substituents is 1. The summed E-state index contributed by atoms with van der Waals surface area (Å²) >= 11 is 0. The van der Waals surface area contributed by atoms with Gasteiger partial charge in [0.15, 0.2) is 0 Å². The number of carbonyl (C=O) groups excluding carboxylic acids is 2. The van der Waals surface area contributed by atoms with Crippen molar-refractivity contribution in [3.05, 3.63) is 29.8 Å². The molecule has 1 saturated heterocycles. The van der Waals surface area contributed by atoms with Gasteiger partial charge in [-0.2, -0.15) is 0 Å². The summed E-state index contributed by atoms with van der Waals surface area (Å²) in [5.74, 6) is 1.16. The van der Waals surface area contributed by atoms with E-state index in [1.807, 2.05) is 21.6 Å². The first-order valence-corrected chi connectivity index (χ1v) is 13.3. The second kappa shape index (κ2) is 14.6. The SMILES string of the molecule is CCN(CCCNC(=O)CCCCC1CCSS1)CCNC(=O)c1ccccc1O. The molecule has 2 amide bonds. The molecule has 1 aromatic rings. The highest BCUT2D eigenvalue weighted by Crippen LogP contribution is 2.39. The Morgan fingerprint density at radius 3 is 2.70 bits per heavy atom. The second-order valence-corrected chi connectivity index (χ2v) is 10.3. The maximum Gasteiger partial charge on any atom is 0.255 e. The minimum Gasteiger partial charge on any atom is -0.507 e. The van der Waals surface area contributed by atoms with E-state index in [0.29, 0.717) is 25.1 Å². The Kier molecular flexibility index (Phi) is 12.1. The minimum absolute atomic E-state index is 0.00508. The third-order valence-electron chi connectivity index (χ3n) is 5.19. The van der Waals surface area contributed by atoms with Crippen LogP contribution in [0.15, 0.2) is 24.3 Å². The van der Waals surface area contributed by atoms with Crippen molar-refractivity contribution in [1.82, 2.24) is 15.5 Å². The highest BCUT2D eigenvalue weighted by molar-refractivity contribution is 8.77. The first-order chi connectivity index (χ1) is 14.6. The Labute approximate surface area is 188 Å². The fourth-order valence-electron chi connectivity index (χ4n) is 3.36. The molecule has 168 valence electrons. The Balaban J connectivity index is 1.50. The van der Waals surface area contributed by atoms with E-state index in [4.69, 9.17) is 0 Å². The lowest BCUT2D eigenvalue weighted by Crippen LogP contribution is -2.36. The minimum atomic E-state index is -0.262. The fraction of sp³-hybridized carbons (Fsp3) is 0.636. The predicted molar refractivity (Wildman–Crippen MR) is 127 cm³/mol. The summed E-state index contributed by atoms with van der Waals surface area (Å²) in [4.78, 5) is 26.3. The lowest BCUT2D eigenvalue weighted by atomic mass is 10.1. The van der Waals surface area contributed by atoms with E-state index in [-0.39, 0.29) is 17.6 Å². The molecule has 1 fully saturated rings. The summed E-state index contributed by atoms with van der Waals surface area (Å²) in [6, 6.07) is 6.54. The van der Waals surface area contributed by atoms with Gasteiger partial charge in [-0.15, -0.1) is 0 Å². The van der Waals surface area contributed by atoms with Crippen LogP contribution in [0.4, 0.5) is 0 Å². The summed E-state index contributed by atoms with van der Waals surface area (Å²) < 4.78 is 0. The normalized spacial score (nSPS) is 16.0. The molecule has 0 aliphatic carbocycles. The molecule has 1 aliphatic rings. The lowest BCUT2D eigenvalue weighted by molar-refractivity contribution is -0.121. The van der Waals surface area contributed by atoms with Gasteiger partial charge in [-0.05, 0) is 50.9 Å². The number of phenols is 1. The van der Waals surface area contributed by atoms with Gasteiger partial charge in [0.25, 0.3) is 5.91 Å². The lowest BCUT2D eigenvalue weighted by Gasteiger charge is -2.20. The van der Waals surface area contributed by atoms with Gasteiger partial charge >= 0.3 is 0 Å². The van der Waals surface area contributed by atoms with Crippen molar-refractivity contribution in [3.63, 3.8) is 0 Å². The molecule has 8 heteroatoms. The first kappa shape index (κ1) is 24.9. The van der Waals surface area contributed by atoms with Crippen molar-refractivity contribution in [3.8, 4) is 5.75 Å². The quantitative estimate of drug-likeness (QED) is 0.295. The number of likely N-dealkylation sites (N-methyl/N-ethyl adjacent to an activating group) is 1. The molecule has 0 radical (unpaired) electrons. The van der Waals surface area contributed by atoms with Gasteiger partial charge in [0.05, 0.1) is 5.56 Å². The van der Waals surface area contributed by atoms with E-state index in [9.17, 15) is 14.7 Å². The van der Waals surface area contributed by atoms with Crippen molar-refractivity contribution < 1.29 is 14.7 Å². The number of para-hydroxylation sites is 1. The van der Waals surface area contributed by atoms with Gasteiger partial charge in [0.2, 0.25) is 5.91 Å². The molecule has 6 nitrogen and oxygen atoms in total. The van der Waals surface area contributed by atoms with E-state index in [0.717, 1.165) is 44.1 Å². The zero-order chi connectivity index (χ0) is 21.6. The molecular weight excluding hydrogens is 418 g/mol. The zero-order valence-electron chi connectivity index (χ0n) is 17.9. The molecule has 0 spiro atoms. The third kappa shape index (κ3) is 9.62. The van der Waals surface area contributed by atoms with E-state index in [2.05, 4.69) is 22.5 Å². The molecule has 1 atom stereocenters. The number of hydrogen-bond acceptors (Lipinski definition) is 6. The Morgan fingerprint density at radius 1 is 1.13 bits per heavy atom. The van der Waals surface area contributed by atoms with Crippen LogP contribution < -0.4 is 10.6 Å². The summed E-state index contributed by atoms with van der Waals surface area (Å²) in [5, 5.41) is 16.4. The maximum absolute atomic E-state index is 12.1. The average Bonchev–Trinajstić information content (AvgIpc) is 3.26. The van der Waals surface area contributed by atoms with E-state index < -0.39 is 0 Å². The molecule has 1 aliphatic heterocycles. The number of nitrogens with zero attached hydrogens (tertiary/aromatic N) is 1. The summed E-state index contributed by atoms with van der Waals surface area (Å²) in [6.07, 6.45) is 6.18. The summed E-state index contributed by atoms with van der Waals surface area (Å²) in [6.45, 7) is 5.79. The van der Waals surface area contributed by atoms with Crippen LogP contribution in [0, 0.1) is 0 Å². The Hall–Kier alpha value is -1.38. The highest BCUT2D eigenvalue weighted by atomic mass is 33.1. The number of aromatic hydroxyl groups is 1. The zero-order valence-corrected chi connectivity index (χ0v) is 19.5. The molecule has 1 heterocycles. The molecule has 2 rings (SSSR count). The van der Waals surface area contributed by atoms with Crippen LogP contribution in [-0.2, 0) is 4.79 Å². The van der Waals surface area contributed by atoms with Gasteiger partial charge in [0.1, 0.15) is 5.75 Å². The molecule has 1 unspecified atom stereocenters. The van der Waals surface area contributed by atoms with Crippen LogP contribution in [-0.4, -0.2) is 65.5 Å². The number of rotatable bonds is 14. The monoisotopic (exact) mass is 453 g/mol. The standard InChI is InChI=1S/C22H35N3O3S2/c1-2-25(16-14-24-22(28)19-9-4-5-10-20(19)26)15-7-13-23-21(27)11-6-3-8-18-12-17-29-30-18/h4-5,9-10,18,26H,2-3,6-8,11-17H2,1H3,(H,23,27)(H,24,28). The second-order valence-electron chi connectivity index (χ2n) is 7.49. The number of carbonyl (C=O) groups is 2. The molecule has 1 aromatic carbocycles. The summed E-state index contributed by atoms with van der Waals surface area (Å²) in [7, 11) is 3.98. The fourth-order valence-corrected chi connectivity index (χ4v) is 6.38. The largest absolute Gasteiger partial charge is 0.507 e. The van der Waals surface area contributed by atoms with Crippen molar-refractivity contribution in [2.75, 3.05) is 38.5 Å². The summed E-state index contributed by atoms with van der Waals surface area (Å²) in [5.41, 5.74) is 0.296. The number of amides is 2. The van der Waals surface area contributed by atoms with Gasteiger partial charge in [-0.25, -0.2) is 0 Å². The first-order valence-electron chi connectivity index (χ1n) is 10.9. The third-order valence-corrected chi connectivity index (χ3v) is 8.20. The molecular formula is C22H35N3O3S2. The van der Waals surface area contributed by atoms with E-state index in [1.165, 1.54) is 24.7 Å². The smallest absolute Gasteiger partial charge is 0.255 e. The van der Waals surface area contributed by atoms with E-state index >= 15 is 0 Å². The van der Waals surface area contributed by atoms with E-state index in [1.54, 1.807) is 18.2 Å². The van der Waals surface area contributed by atoms with Crippen LogP contribution in [0.1, 0.15) is 55.8 Å². The Bertz CT molecular complexity index is 654. The van der Waals surface area contributed by atoms with Crippen LogP contribution in [0.2, 0.25) is 0 Å². The van der Waals surface area contributed by atoms with Crippen LogP contribution in [0.25, 0.3) is 0 Å². The molecule has 0 saturated carbocycles. The van der Waals surface area contributed by atoms with Crippen molar-refractivity contribution in [2.24, 2.45) is 0 Å². The molecule has 0 bridgehead atoms.